The van der Waals surface area contributed by atoms with Crippen molar-refractivity contribution >= 4 is 34.6 Å². The highest BCUT2D eigenvalue weighted by atomic mass is 127. The molecule has 0 saturated carbocycles. The predicted molar refractivity (Wildman–Crippen MR) is 94.7 cm³/mol. The van der Waals surface area contributed by atoms with Gasteiger partial charge in [0.25, 0.3) is 0 Å². The molecule has 0 aliphatic heterocycles. The molecule has 23 heavy (non-hydrogen) atoms. The molecule has 120 valence electrons. The van der Waals surface area contributed by atoms with Gasteiger partial charge < -0.3 is 15.2 Å². The summed E-state index contributed by atoms with van der Waals surface area (Å²) in [6.07, 6.45) is 2.88. The average molecular weight is 427 g/mol. The van der Waals surface area contributed by atoms with Crippen LogP contribution in [0.5, 0.6) is 11.5 Å². The van der Waals surface area contributed by atoms with E-state index in [1.165, 1.54) is 25.3 Å². The van der Waals surface area contributed by atoms with Gasteiger partial charge in [-0.2, -0.15) is 0 Å². The predicted octanol–water partition coefficient (Wildman–Crippen LogP) is 3.52. The van der Waals surface area contributed by atoms with Gasteiger partial charge in [-0.25, -0.2) is 4.39 Å². The third-order valence-electron chi connectivity index (χ3n) is 2.96. The zero-order valence-corrected chi connectivity index (χ0v) is 14.5. The molecule has 0 saturated heterocycles. The molecular weight excluding hydrogens is 412 g/mol. The van der Waals surface area contributed by atoms with Crippen molar-refractivity contribution in [3.05, 3.63) is 63.0 Å². The first-order valence-electron chi connectivity index (χ1n) is 6.72. The van der Waals surface area contributed by atoms with Crippen molar-refractivity contribution in [3.63, 3.8) is 0 Å². The maximum Gasteiger partial charge on any atom is 0.241 e. The number of amides is 1. The Hall–Kier alpha value is -2.09. The molecule has 0 aliphatic carbocycles. The summed E-state index contributed by atoms with van der Waals surface area (Å²) in [5.74, 6) is 0.260. The molecule has 0 unspecified atom stereocenters. The van der Waals surface area contributed by atoms with E-state index in [2.05, 4.69) is 22.6 Å². The number of carbonyl (C=O) groups is 1. The Morgan fingerprint density at radius 1 is 1.35 bits per heavy atom. The Kier molecular flexibility index (Phi) is 5.97. The summed E-state index contributed by atoms with van der Waals surface area (Å²) in [6, 6.07) is 9.79. The molecular formula is C17H15FINO3. The van der Waals surface area contributed by atoms with E-state index in [1.807, 2.05) is 6.07 Å². The first kappa shape index (κ1) is 17.3. The highest BCUT2D eigenvalue weighted by Crippen LogP contribution is 2.35. The summed E-state index contributed by atoms with van der Waals surface area (Å²) in [6.45, 7) is 0.223. The standard InChI is InChI=1S/C17H15FINO3/c1-22-15-9-11(5-6-16(20)21)8-14(19)17(15)23-10-12-3-2-4-13(18)7-12/h2-9H,10H2,1H3,(H2,20,21)/b6-5+. The summed E-state index contributed by atoms with van der Waals surface area (Å²) in [7, 11) is 1.53. The van der Waals surface area contributed by atoms with Gasteiger partial charge in [-0.1, -0.05) is 12.1 Å². The van der Waals surface area contributed by atoms with E-state index in [-0.39, 0.29) is 12.4 Å². The second kappa shape index (κ2) is 7.96. The normalized spacial score (nSPS) is 10.7. The highest BCUT2D eigenvalue weighted by molar-refractivity contribution is 14.1. The van der Waals surface area contributed by atoms with Crippen LogP contribution in [-0.4, -0.2) is 13.0 Å². The summed E-state index contributed by atoms with van der Waals surface area (Å²) < 4.78 is 25.1. The van der Waals surface area contributed by atoms with Gasteiger partial charge in [-0.15, -0.1) is 0 Å². The third kappa shape index (κ3) is 4.95. The lowest BCUT2D eigenvalue weighted by Crippen LogP contribution is -2.05. The van der Waals surface area contributed by atoms with Gasteiger partial charge in [-0.3, -0.25) is 4.79 Å². The van der Waals surface area contributed by atoms with E-state index in [1.54, 1.807) is 24.3 Å². The van der Waals surface area contributed by atoms with Gasteiger partial charge >= 0.3 is 0 Å². The molecule has 0 aromatic heterocycles. The monoisotopic (exact) mass is 427 g/mol. The third-order valence-corrected chi connectivity index (χ3v) is 3.77. The van der Waals surface area contributed by atoms with Crippen molar-refractivity contribution < 1.29 is 18.7 Å². The lowest BCUT2D eigenvalue weighted by atomic mass is 10.2. The van der Waals surface area contributed by atoms with Crippen molar-refractivity contribution in [1.29, 1.82) is 0 Å². The Morgan fingerprint density at radius 3 is 2.78 bits per heavy atom. The topological polar surface area (TPSA) is 61.5 Å². The largest absolute Gasteiger partial charge is 0.493 e. The Labute approximate surface area is 147 Å². The number of benzene rings is 2. The minimum Gasteiger partial charge on any atom is -0.493 e. The van der Waals surface area contributed by atoms with Crippen LogP contribution in [0.2, 0.25) is 0 Å². The highest BCUT2D eigenvalue weighted by Gasteiger charge is 2.11. The van der Waals surface area contributed by atoms with Crippen molar-refractivity contribution in [1.82, 2.24) is 0 Å². The number of methoxy groups -OCH3 is 1. The molecule has 0 atom stereocenters. The Morgan fingerprint density at radius 2 is 2.13 bits per heavy atom. The zero-order valence-electron chi connectivity index (χ0n) is 12.4. The minimum absolute atomic E-state index is 0.223. The first-order chi connectivity index (χ1) is 11.0. The molecule has 4 nitrogen and oxygen atoms in total. The molecule has 0 aliphatic rings. The quantitative estimate of drug-likeness (QED) is 0.567. The number of hydrogen-bond donors (Lipinski definition) is 1. The van der Waals surface area contributed by atoms with Crippen LogP contribution in [0.3, 0.4) is 0 Å². The van der Waals surface area contributed by atoms with Crippen molar-refractivity contribution in [2.24, 2.45) is 5.73 Å². The van der Waals surface area contributed by atoms with Crippen LogP contribution in [-0.2, 0) is 11.4 Å². The van der Waals surface area contributed by atoms with E-state index >= 15 is 0 Å². The smallest absolute Gasteiger partial charge is 0.241 e. The lowest BCUT2D eigenvalue weighted by molar-refractivity contribution is -0.113. The van der Waals surface area contributed by atoms with Crippen molar-refractivity contribution in [2.75, 3.05) is 7.11 Å². The van der Waals surface area contributed by atoms with E-state index < -0.39 is 5.91 Å². The number of hydrogen-bond acceptors (Lipinski definition) is 3. The van der Waals surface area contributed by atoms with Crippen LogP contribution >= 0.6 is 22.6 Å². The minimum atomic E-state index is -0.523. The van der Waals surface area contributed by atoms with Crippen molar-refractivity contribution in [2.45, 2.75) is 6.61 Å². The summed E-state index contributed by atoms with van der Waals surface area (Å²) in [5.41, 5.74) is 6.58. The second-order valence-corrected chi connectivity index (χ2v) is 5.85. The average Bonchev–Trinajstić information content (AvgIpc) is 2.51. The molecule has 1 amide bonds. The molecule has 6 heteroatoms. The number of halogens is 2. The second-order valence-electron chi connectivity index (χ2n) is 4.69. The molecule has 0 radical (unpaired) electrons. The number of carbonyl (C=O) groups excluding carboxylic acids is 1. The zero-order chi connectivity index (χ0) is 16.8. The number of primary amides is 1. The molecule has 2 aromatic carbocycles. The van der Waals surface area contributed by atoms with Crippen LogP contribution in [0.15, 0.2) is 42.5 Å². The lowest BCUT2D eigenvalue weighted by Gasteiger charge is -2.13. The molecule has 0 bridgehead atoms. The molecule has 2 aromatic rings. The van der Waals surface area contributed by atoms with Gasteiger partial charge in [0.1, 0.15) is 12.4 Å². The maximum absolute atomic E-state index is 13.2. The van der Waals surface area contributed by atoms with Gasteiger partial charge in [0.2, 0.25) is 5.91 Å². The fraction of sp³-hybridized carbons (Fsp3) is 0.118. The molecule has 2 rings (SSSR count). The molecule has 0 heterocycles. The maximum atomic E-state index is 13.2. The van der Waals surface area contributed by atoms with Gasteiger partial charge in [0.05, 0.1) is 10.7 Å². The van der Waals surface area contributed by atoms with E-state index in [4.69, 9.17) is 15.2 Å². The van der Waals surface area contributed by atoms with Gasteiger partial charge in [-0.05, 0) is 64.1 Å². The molecule has 2 N–H and O–H groups in total. The van der Waals surface area contributed by atoms with Gasteiger partial charge in [0.15, 0.2) is 11.5 Å². The fourth-order valence-corrected chi connectivity index (χ4v) is 2.72. The molecule has 0 fully saturated rings. The summed E-state index contributed by atoms with van der Waals surface area (Å²) >= 11 is 2.11. The van der Waals surface area contributed by atoms with Gasteiger partial charge in [0, 0.05) is 6.08 Å². The summed E-state index contributed by atoms with van der Waals surface area (Å²) in [5, 5.41) is 0. The van der Waals surface area contributed by atoms with E-state index in [0.29, 0.717) is 11.5 Å². The molecule has 0 spiro atoms. The van der Waals surface area contributed by atoms with Crippen LogP contribution in [0.25, 0.3) is 6.08 Å². The van der Waals surface area contributed by atoms with Crippen LogP contribution < -0.4 is 15.2 Å². The van der Waals surface area contributed by atoms with E-state index in [0.717, 1.165) is 14.7 Å². The van der Waals surface area contributed by atoms with E-state index in [9.17, 15) is 9.18 Å². The number of nitrogens with two attached hydrogens (primary N) is 1. The SMILES string of the molecule is COc1cc(/C=C/C(N)=O)cc(I)c1OCc1cccc(F)c1. The van der Waals surface area contributed by atoms with Crippen LogP contribution in [0.4, 0.5) is 4.39 Å². The Balaban J connectivity index is 2.22. The fourth-order valence-electron chi connectivity index (χ4n) is 1.94. The summed E-state index contributed by atoms with van der Waals surface area (Å²) in [4.78, 5) is 10.8. The number of ether oxygens (including phenoxy) is 2. The number of rotatable bonds is 6. The van der Waals surface area contributed by atoms with Crippen LogP contribution in [0.1, 0.15) is 11.1 Å². The van der Waals surface area contributed by atoms with Crippen molar-refractivity contribution in [3.8, 4) is 11.5 Å². The van der Waals surface area contributed by atoms with Crippen LogP contribution in [0, 0.1) is 9.39 Å². The first-order valence-corrected chi connectivity index (χ1v) is 7.79. The Bertz CT molecular complexity index is 747.